The molecule has 0 spiro atoms. The Morgan fingerprint density at radius 3 is 2.75 bits per heavy atom. The maximum absolute atomic E-state index is 12.7. The molecule has 0 aliphatic carbocycles. The highest BCUT2D eigenvalue weighted by atomic mass is 32.2. The number of nitro benzene ring substituents is 1. The van der Waals surface area contributed by atoms with Gasteiger partial charge in [-0.25, -0.2) is 0 Å². The van der Waals surface area contributed by atoms with Gasteiger partial charge in [0.2, 0.25) is 0 Å². The molecule has 0 N–H and O–H groups in total. The van der Waals surface area contributed by atoms with Gasteiger partial charge in [0.1, 0.15) is 15.8 Å². The Labute approximate surface area is 170 Å². The number of non-ortho nitro benzene ring substituents is 1. The minimum Gasteiger partial charge on any atom is -0.457 e. The Kier molecular flexibility index (Phi) is 5.29. The molecule has 0 radical (unpaired) electrons. The fourth-order valence-corrected chi connectivity index (χ4v) is 4.37. The quantitative estimate of drug-likeness (QED) is 0.312. The van der Waals surface area contributed by atoms with Crippen molar-refractivity contribution in [1.29, 1.82) is 0 Å². The molecular weight excluding hydrogens is 400 g/mol. The lowest BCUT2D eigenvalue weighted by Gasteiger charge is -2.18. The van der Waals surface area contributed by atoms with E-state index in [0.29, 0.717) is 27.3 Å². The topological polar surface area (TPSA) is 85.8 Å². The molecule has 1 amide bonds. The van der Waals surface area contributed by atoms with Crippen LogP contribution in [0.4, 0.5) is 5.69 Å². The van der Waals surface area contributed by atoms with Gasteiger partial charge in [0.25, 0.3) is 11.6 Å². The summed E-state index contributed by atoms with van der Waals surface area (Å²) >= 11 is 6.60. The van der Waals surface area contributed by atoms with Gasteiger partial charge in [-0.3, -0.25) is 19.8 Å². The van der Waals surface area contributed by atoms with E-state index in [1.54, 1.807) is 35.2 Å². The molecule has 0 saturated carbocycles. The van der Waals surface area contributed by atoms with Crippen LogP contribution in [0.25, 0.3) is 17.4 Å². The first-order valence-corrected chi connectivity index (χ1v) is 9.95. The van der Waals surface area contributed by atoms with Crippen molar-refractivity contribution in [2.45, 2.75) is 18.9 Å². The van der Waals surface area contributed by atoms with Gasteiger partial charge in [-0.2, -0.15) is 0 Å². The number of carbonyl (C=O) groups is 1. The third-order valence-electron chi connectivity index (χ3n) is 4.55. The van der Waals surface area contributed by atoms with E-state index in [9.17, 15) is 14.9 Å². The molecule has 3 heterocycles. The molecule has 0 unspecified atom stereocenters. The van der Waals surface area contributed by atoms with Crippen LogP contribution in [0.3, 0.4) is 0 Å². The van der Waals surface area contributed by atoms with Crippen LogP contribution in [-0.2, 0) is 9.53 Å². The first-order valence-electron chi connectivity index (χ1n) is 8.73. The second kappa shape index (κ2) is 7.86. The highest BCUT2D eigenvalue weighted by Crippen LogP contribution is 2.34. The van der Waals surface area contributed by atoms with E-state index < -0.39 is 4.92 Å². The van der Waals surface area contributed by atoms with Crippen LogP contribution in [0, 0.1) is 10.1 Å². The number of thioether (sulfide) groups is 1. The van der Waals surface area contributed by atoms with Gasteiger partial charge in [0.15, 0.2) is 0 Å². The molecule has 9 heteroatoms. The molecule has 2 fully saturated rings. The van der Waals surface area contributed by atoms with Crippen LogP contribution in [0.15, 0.2) is 45.7 Å². The SMILES string of the molecule is O=C1/C(=C/c2ccc(-c3ccc([N+](=O)[O-])cc3)o2)SC(=S)N1C[C@H]1CCCO1. The van der Waals surface area contributed by atoms with Crippen molar-refractivity contribution in [1.82, 2.24) is 4.90 Å². The number of rotatable bonds is 5. The molecule has 2 aromatic rings. The van der Waals surface area contributed by atoms with Gasteiger partial charge < -0.3 is 9.15 Å². The molecule has 7 nitrogen and oxygen atoms in total. The molecule has 4 rings (SSSR count). The van der Waals surface area contributed by atoms with Crippen molar-refractivity contribution < 1.29 is 18.9 Å². The van der Waals surface area contributed by atoms with Crippen LogP contribution in [0.1, 0.15) is 18.6 Å². The van der Waals surface area contributed by atoms with Crippen LogP contribution in [0.5, 0.6) is 0 Å². The molecule has 1 atom stereocenters. The normalized spacial score (nSPS) is 21.1. The third-order valence-corrected chi connectivity index (χ3v) is 5.92. The van der Waals surface area contributed by atoms with E-state index in [4.69, 9.17) is 21.4 Å². The summed E-state index contributed by atoms with van der Waals surface area (Å²) in [5, 5.41) is 10.8. The average molecular weight is 416 g/mol. The molecule has 28 heavy (non-hydrogen) atoms. The van der Waals surface area contributed by atoms with Gasteiger partial charge in [-0.1, -0.05) is 24.0 Å². The van der Waals surface area contributed by atoms with Gasteiger partial charge in [-0.05, 0) is 37.1 Å². The number of carbonyl (C=O) groups excluding carboxylic acids is 1. The molecule has 2 aliphatic heterocycles. The minimum absolute atomic E-state index is 0.0189. The number of ether oxygens (including phenoxy) is 1. The average Bonchev–Trinajstić information content (AvgIpc) is 3.41. The monoisotopic (exact) mass is 416 g/mol. The lowest BCUT2D eigenvalue weighted by molar-refractivity contribution is -0.384. The number of nitro groups is 1. The molecule has 2 aliphatic rings. The fourth-order valence-electron chi connectivity index (χ4n) is 3.11. The Morgan fingerprint density at radius 2 is 2.07 bits per heavy atom. The molecule has 2 saturated heterocycles. The number of benzene rings is 1. The Bertz CT molecular complexity index is 961. The predicted octanol–water partition coefficient (Wildman–Crippen LogP) is 4.24. The van der Waals surface area contributed by atoms with Gasteiger partial charge in [0.05, 0.1) is 22.5 Å². The first-order chi connectivity index (χ1) is 13.5. The fraction of sp³-hybridized carbons (Fsp3) is 0.263. The molecule has 1 aromatic carbocycles. The van der Waals surface area contributed by atoms with Crippen molar-refractivity contribution in [2.75, 3.05) is 13.2 Å². The maximum atomic E-state index is 12.7. The summed E-state index contributed by atoms with van der Waals surface area (Å²) in [7, 11) is 0. The van der Waals surface area contributed by atoms with Crippen molar-refractivity contribution in [3.63, 3.8) is 0 Å². The van der Waals surface area contributed by atoms with E-state index in [0.717, 1.165) is 25.0 Å². The van der Waals surface area contributed by atoms with Crippen molar-refractivity contribution in [2.24, 2.45) is 0 Å². The Hall–Kier alpha value is -2.49. The van der Waals surface area contributed by atoms with Crippen LogP contribution in [-0.4, -0.2) is 39.3 Å². The number of hydrogen-bond acceptors (Lipinski definition) is 7. The lowest BCUT2D eigenvalue weighted by Crippen LogP contribution is -2.35. The summed E-state index contributed by atoms with van der Waals surface area (Å²) in [5.74, 6) is 0.945. The number of furan rings is 1. The summed E-state index contributed by atoms with van der Waals surface area (Å²) in [6.45, 7) is 1.21. The highest BCUT2D eigenvalue weighted by Gasteiger charge is 2.34. The van der Waals surface area contributed by atoms with E-state index in [1.165, 1.54) is 23.9 Å². The van der Waals surface area contributed by atoms with Crippen LogP contribution < -0.4 is 0 Å². The molecule has 0 bridgehead atoms. The predicted molar refractivity (Wildman–Crippen MR) is 110 cm³/mol. The molecule has 1 aromatic heterocycles. The first kappa shape index (κ1) is 18.9. The van der Waals surface area contributed by atoms with Crippen LogP contribution >= 0.6 is 24.0 Å². The number of hydrogen-bond donors (Lipinski definition) is 0. The summed E-state index contributed by atoms with van der Waals surface area (Å²) < 4.78 is 11.9. The lowest BCUT2D eigenvalue weighted by atomic mass is 10.1. The third kappa shape index (κ3) is 3.87. The highest BCUT2D eigenvalue weighted by molar-refractivity contribution is 8.26. The molecular formula is C19H16N2O5S2. The summed E-state index contributed by atoms with van der Waals surface area (Å²) in [5.41, 5.74) is 0.738. The van der Waals surface area contributed by atoms with E-state index in [2.05, 4.69) is 0 Å². The number of amides is 1. The second-order valence-corrected chi connectivity index (χ2v) is 8.11. The van der Waals surface area contributed by atoms with E-state index in [-0.39, 0.29) is 17.7 Å². The number of nitrogens with zero attached hydrogens (tertiary/aromatic N) is 2. The smallest absolute Gasteiger partial charge is 0.269 e. The van der Waals surface area contributed by atoms with Crippen molar-refractivity contribution in [3.8, 4) is 11.3 Å². The van der Waals surface area contributed by atoms with Crippen molar-refractivity contribution >= 4 is 46.0 Å². The summed E-state index contributed by atoms with van der Waals surface area (Å²) in [6, 6.07) is 9.62. The second-order valence-electron chi connectivity index (χ2n) is 6.43. The minimum atomic E-state index is -0.448. The summed E-state index contributed by atoms with van der Waals surface area (Å²) in [4.78, 5) is 25.1. The zero-order chi connectivity index (χ0) is 19.7. The maximum Gasteiger partial charge on any atom is 0.269 e. The van der Waals surface area contributed by atoms with Crippen LogP contribution in [0.2, 0.25) is 0 Å². The zero-order valence-electron chi connectivity index (χ0n) is 14.7. The molecule has 144 valence electrons. The Balaban J connectivity index is 1.49. The van der Waals surface area contributed by atoms with Crippen molar-refractivity contribution in [3.05, 3.63) is 57.2 Å². The van der Waals surface area contributed by atoms with E-state index >= 15 is 0 Å². The van der Waals surface area contributed by atoms with Gasteiger partial charge in [-0.15, -0.1) is 0 Å². The van der Waals surface area contributed by atoms with Gasteiger partial charge >= 0.3 is 0 Å². The number of thiocarbonyl (C=S) groups is 1. The summed E-state index contributed by atoms with van der Waals surface area (Å²) in [6.07, 6.45) is 3.66. The zero-order valence-corrected chi connectivity index (χ0v) is 16.3. The Morgan fingerprint density at radius 1 is 1.29 bits per heavy atom. The largest absolute Gasteiger partial charge is 0.457 e. The standard InChI is InChI=1S/C19H16N2O5S2/c22-18-17(28-19(27)20(18)11-15-2-1-9-25-15)10-14-7-8-16(26-14)12-3-5-13(6-4-12)21(23)24/h3-8,10,15H,1-2,9,11H2/b17-10-/t15-/m1/s1. The van der Waals surface area contributed by atoms with E-state index in [1.807, 2.05) is 0 Å². The van der Waals surface area contributed by atoms with Gasteiger partial charge in [0, 0.05) is 30.4 Å².